The van der Waals surface area contributed by atoms with Crippen LogP contribution >= 0.6 is 0 Å². The molecule has 5 saturated carbocycles. The fraction of sp³-hybridized carbons (Fsp3) is 0.676. The first-order valence-electron chi connectivity index (χ1n) is 16.1. The van der Waals surface area contributed by atoms with Crippen LogP contribution in [0.25, 0.3) is 0 Å². The van der Waals surface area contributed by atoms with Crippen LogP contribution in [-0.2, 0) is 33.7 Å². The average molecular weight is 645 g/mol. The summed E-state index contributed by atoms with van der Waals surface area (Å²) in [5.74, 6) is -6.73. The molecule has 2 aliphatic heterocycles. The number of aliphatic hydroxyl groups excluding tert-OH is 1. The molecule has 8 atom stereocenters. The molecule has 8 rings (SSSR count). The van der Waals surface area contributed by atoms with Crippen molar-refractivity contribution in [2.24, 2.45) is 45.8 Å². The zero-order valence-corrected chi connectivity index (χ0v) is 26.5. The quantitative estimate of drug-likeness (QED) is 0.279. The molecule has 0 aromatic heterocycles. The SMILES string of the molecule is C=C1C(=O)[C@]23[C@H](OC(=O)C4CCC(CS(=O)(=O)c5ccc(F)cc5)CC4)[C@H]1CC[C@H]2[C@@]12CO[C@@]3(O)[C@@H](O)[C@@H]1C(C)(C)CCC2=O. The first-order chi connectivity index (χ1) is 21.1. The van der Waals surface area contributed by atoms with Crippen LogP contribution in [0.15, 0.2) is 41.3 Å². The van der Waals surface area contributed by atoms with Crippen LogP contribution in [0, 0.1) is 51.7 Å². The van der Waals surface area contributed by atoms with Crippen LogP contribution in [0.1, 0.15) is 65.2 Å². The molecule has 7 aliphatic rings. The van der Waals surface area contributed by atoms with Crippen molar-refractivity contribution in [3.63, 3.8) is 0 Å². The molecule has 0 unspecified atom stereocenters. The number of halogens is 1. The summed E-state index contributed by atoms with van der Waals surface area (Å²) < 4.78 is 51.4. The van der Waals surface area contributed by atoms with Gasteiger partial charge in [-0.25, -0.2) is 12.8 Å². The molecule has 1 aromatic carbocycles. The summed E-state index contributed by atoms with van der Waals surface area (Å²) in [4.78, 5) is 42.0. The van der Waals surface area contributed by atoms with Crippen LogP contribution < -0.4 is 0 Å². The number of esters is 1. The van der Waals surface area contributed by atoms with E-state index in [9.17, 15) is 37.4 Å². The van der Waals surface area contributed by atoms with Crippen molar-refractivity contribution in [1.29, 1.82) is 0 Å². The van der Waals surface area contributed by atoms with Gasteiger partial charge in [0.2, 0.25) is 5.79 Å². The number of ketones is 2. The fourth-order valence-electron chi connectivity index (χ4n) is 10.6. The second-order valence-corrected chi connectivity index (χ2v) is 17.2. The normalized spacial score (nSPS) is 43.5. The number of carbonyl (C=O) groups excluding carboxylic acids is 3. The molecule has 4 bridgehead atoms. The van der Waals surface area contributed by atoms with Crippen molar-refractivity contribution >= 4 is 27.4 Å². The number of Topliss-reactive ketones (excluding diaryl/α,β-unsaturated/α-hetero) is 2. The van der Waals surface area contributed by atoms with Crippen LogP contribution in [0.5, 0.6) is 0 Å². The van der Waals surface area contributed by atoms with E-state index < -0.39 is 85.3 Å². The molecule has 7 fully saturated rings. The molecule has 45 heavy (non-hydrogen) atoms. The highest BCUT2D eigenvalue weighted by atomic mass is 32.2. The standard InChI is InChI=1S/C34H41FO9S/c1-18-23-12-13-24-32-17-43-34(40,28(38)26(32)31(2,3)15-14-25(32)36)33(24,27(18)37)29(23)44-30(39)20-6-4-19(5-7-20)16-45(41,42)22-10-8-21(35)9-11-22/h8-11,19-20,23-24,26,28-29,38,40H,1,4-7,12-17H2,2-3H3/t19?,20?,23-,24-,26+,28-,29+,32+,33-,34-/m0/s1. The van der Waals surface area contributed by atoms with E-state index in [1.54, 1.807) is 0 Å². The Balaban J connectivity index is 1.14. The fourth-order valence-corrected chi connectivity index (χ4v) is 12.3. The van der Waals surface area contributed by atoms with Gasteiger partial charge in [0, 0.05) is 18.3 Å². The number of carbonyl (C=O) groups is 3. The number of ether oxygens (including phenoxy) is 2. The second kappa shape index (κ2) is 10.0. The summed E-state index contributed by atoms with van der Waals surface area (Å²) in [6.45, 7) is 7.90. The minimum atomic E-state index is -3.63. The molecule has 2 N–H and O–H groups in total. The molecule has 5 aliphatic carbocycles. The summed E-state index contributed by atoms with van der Waals surface area (Å²) in [5, 5.41) is 24.2. The van der Waals surface area contributed by atoms with Crippen LogP contribution in [0.2, 0.25) is 0 Å². The molecule has 1 aromatic rings. The molecule has 0 amide bonds. The largest absolute Gasteiger partial charge is 0.460 e. The summed E-state index contributed by atoms with van der Waals surface area (Å²) in [6.07, 6.45) is 0.715. The van der Waals surface area contributed by atoms with Crippen molar-refractivity contribution in [3.8, 4) is 0 Å². The third-order valence-corrected chi connectivity index (χ3v) is 14.6. The van der Waals surface area contributed by atoms with Gasteiger partial charge in [-0.15, -0.1) is 0 Å². The van der Waals surface area contributed by atoms with Gasteiger partial charge in [0.1, 0.15) is 29.2 Å². The van der Waals surface area contributed by atoms with E-state index in [0.29, 0.717) is 44.9 Å². The summed E-state index contributed by atoms with van der Waals surface area (Å²) in [5.41, 5.74) is -3.33. The van der Waals surface area contributed by atoms with E-state index in [0.717, 1.165) is 12.1 Å². The predicted octanol–water partition coefficient (Wildman–Crippen LogP) is 3.55. The highest BCUT2D eigenvalue weighted by molar-refractivity contribution is 7.91. The lowest BCUT2D eigenvalue weighted by Crippen LogP contribution is -2.85. The number of hydrogen-bond acceptors (Lipinski definition) is 9. The topological polar surface area (TPSA) is 144 Å². The highest BCUT2D eigenvalue weighted by Gasteiger charge is 2.88. The maximum absolute atomic E-state index is 14.3. The van der Waals surface area contributed by atoms with Gasteiger partial charge in [0.15, 0.2) is 15.6 Å². The smallest absolute Gasteiger partial charge is 0.309 e. The van der Waals surface area contributed by atoms with Crippen LogP contribution in [-0.4, -0.2) is 66.5 Å². The van der Waals surface area contributed by atoms with E-state index in [4.69, 9.17) is 9.47 Å². The molecule has 244 valence electrons. The molecule has 2 spiro atoms. The first-order valence-corrected chi connectivity index (χ1v) is 17.8. The highest BCUT2D eigenvalue weighted by Crippen LogP contribution is 2.76. The van der Waals surface area contributed by atoms with Crippen molar-refractivity contribution in [1.82, 2.24) is 0 Å². The maximum atomic E-state index is 14.3. The van der Waals surface area contributed by atoms with Gasteiger partial charge in [0.25, 0.3) is 0 Å². The van der Waals surface area contributed by atoms with E-state index in [1.165, 1.54) is 12.1 Å². The van der Waals surface area contributed by atoms with Crippen LogP contribution in [0.3, 0.4) is 0 Å². The Morgan fingerprint density at radius 1 is 1.09 bits per heavy atom. The summed E-state index contributed by atoms with van der Waals surface area (Å²) >= 11 is 0. The number of fused-ring (bicyclic) bond motifs is 2. The minimum Gasteiger partial charge on any atom is -0.460 e. The molecule has 0 radical (unpaired) electrons. The van der Waals surface area contributed by atoms with E-state index in [2.05, 4.69) is 6.58 Å². The lowest BCUT2D eigenvalue weighted by atomic mass is 9.36. The van der Waals surface area contributed by atoms with Gasteiger partial charge in [-0.05, 0) is 92.0 Å². The maximum Gasteiger partial charge on any atom is 0.309 e. The van der Waals surface area contributed by atoms with Gasteiger partial charge >= 0.3 is 5.97 Å². The lowest BCUT2D eigenvalue weighted by molar-refractivity contribution is -0.437. The number of aliphatic hydroxyl groups is 2. The van der Waals surface area contributed by atoms with Gasteiger partial charge in [-0.3, -0.25) is 14.4 Å². The van der Waals surface area contributed by atoms with E-state index in [1.807, 2.05) is 13.8 Å². The molecular weight excluding hydrogens is 603 g/mol. The number of hydrogen-bond donors (Lipinski definition) is 2. The van der Waals surface area contributed by atoms with E-state index >= 15 is 0 Å². The number of sulfone groups is 1. The zero-order chi connectivity index (χ0) is 32.3. The van der Waals surface area contributed by atoms with Crippen molar-refractivity contribution in [3.05, 3.63) is 42.2 Å². The minimum absolute atomic E-state index is 0.0579. The Morgan fingerprint density at radius 3 is 2.42 bits per heavy atom. The summed E-state index contributed by atoms with van der Waals surface area (Å²) in [7, 11) is -3.63. The van der Waals surface area contributed by atoms with Crippen molar-refractivity contribution in [2.45, 2.75) is 88.1 Å². The Labute approximate surface area is 262 Å². The molecule has 2 heterocycles. The first kappa shape index (κ1) is 31.1. The number of benzene rings is 1. The van der Waals surface area contributed by atoms with Gasteiger partial charge in [0.05, 0.1) is 28.6 Å². The van der Waals surface area contributed by atoms with Crippen molar-refractivity contribution < 1.29 is 46.9 Å². The summed E-state index contributed by atoms with van der Waals surface area (Å²) in [6, 6.07) is 4.74. The van der Waals surface area contributed by atoms with Crippen LogP contribution in [0.4, 0.5) is 4.39 Å². The van der Waals surface area contributed by atoms with Gasteiger partial charge in [-0.2, -0.15) is 0 Å². The second-order valence-electron chi connectivity index (χ2n) is 15.1. The Bertz CT molecular complexity index is 1580. The Kier molecular flexibility index (Phi) is 6.93. The molecular formula is C34H41FO9S. The molecule has 2 saturated heterocycles. The predicted molar refractivity (Wildman–Crippen MR) is 157 cm³/mol. The average Bonchev–Trinajstić information content (AvgIpc) is 3.10. The lowest BCUT2D eigenvalue weighted by Gasteiger charge is -2.73. The van der Waals surface area contributed by atoms with Gasteiger partial charge in [-0.1, -0.05) is 20.4 Å². The zero-order valence-electron chi connectivity index (χ0n) is 25.7. The monoisotopic (exact) mass is 644 g/mol. The molecule has 9 nitrogen and oxygen atoms in total. The van der Waals surface area contributed by atoms with Crippen molar-refractivity contribution in [2.75, 3.05) is 12.4 Å². The third-order valence-electron chi connectivity index (χ3n) is 12.7. The van der Waals surface area contributed by atoms with Gasteiger partial charge < -0.3 is 19.7 Å². The molecule has 11 heteroatoms. The Morgan fingerprint density at radius 2 is 1.76 bits per heavy atom. The van der Waals surface area contributed by atoms with E-state index in [-0.39, 0.29) is 41.0 Å². The number of rotatable bonds is 5. The third kappa shape index (κ3) is 3.99. The Hall–Kier alpha value is -2.47.